The van der Waals surface area contributed by atoms with Crippen molar-refractivity contribution in [2.45, 2.75) is 0 Å². The Morgan fingerprint density at radius 1 is 0.576 bits per heavy atom. The lowest BCUT2D eigenvalue weighted by Gasteiger charge is -2.06. The van der Waals surface area contributed by atoms with E-state index in [2.05, 4.69) is 76.6 Å². The first-order valence-corrected chi connectivity index (χ1v) is 11.6. The van der Waals surface area contributed by atoms with Crippen LogP contribution < -0.4 is 0 Å². The van der Waals surface area contributed by atoms with Crippen molar-refractivity contribution in [3.05, 3.63) is 121 Å². The molecular formula is C30H18N2S. The molecule has 0 N–H and O–H groups in total. The highest BCUT2D eigenvalue weighted by Gasteiger charge is 2.15. The summed E-state index contributed by atoms with van der Waals surface area (Å²) >= 11 is 1.81. The minimum absolute atomic E-state index is 0.689. The Labute approximate surface area is 196 Å². The van der Waals surface area contributed by atoms with E-state index in [-0.39, 0.29) is 0 Å². The third-order valence-electron chi connectivity index (χ3n) is 6.03. The molecule has 0 amide bonds. The third kappa shape index (κ3) is 3.29. The van der Waals surface area contributed by atoms with E-state index in [9.17, 15) is 0 Å². The van der Waals surface area contributed by atoms with E-state index in [1.165, 1.54) is 31.3 Å². The second-order valence-corrected chi connectivity index (χ2v) is 8.94. The maximum atomic E-state index is 7.60. The number of thiophene rings is 1. The van der Waals surface area contributed by atoms with Crippen molar-refractivity contribution in [2.75, 3.05) is 0 Å². The fourth-order valence-electron chi connectivity index (χ4n) is 4.43. The molecule has 3 heteroatoms. The molecule has 0 unspecified atom stereocenters. The van der Waals surface area contributed by atoms with Crippen LogP contribution in [0, 0.1) is 6.57 Å². The average molecular weight is 439 g/mol. The number of rotatable bonds is 3. The van der Waals surface area contributed by atoms with E-state index in [0.717, 1.165) is 22.3 Å². The topological polar surface area (TPSA) is 17.2 Å². The van der Waals surface area contributed by atoms with Gasteiger partial charge in [-0.25, -0.2) is 4.85 Å². The summed E-state index contributed by atoms with van der Waals surface area (Å²) in [5, 5.41) is 2.49. The van der Waals surface area contributed by atoms with E-state index < -0.39 is 0 Å². The summed E-state index contributed by atoms with van der Waals surface area (Å²) in [7, 11) is 0. The highest BCUT2D eigenvalue weighted by molar-refractivity contribution is 7.26. The molecule has 2 heterocycles. The summed E-state index contributed by atoms with van der Waals surface area (Å²) in [6.07, 6.45) is 3.69. The number of pyridine rings is 1. The molecule has 0 saturated heterocycles. The quantitative estimate of drug-likeness (QED) is 0.252. The van der Waals surface area contributed by atoms with Crippen LogP contribution in [0.25, 0.3) is 58.4 Å². The van der Waals surface area contributed by atoms with E-state index in [1.807, 2.05) is 47.9 Å². The Bertz CT molecular complexity index is 1660. The summed E-state index contributed by atoms with van der Waals surface area (Å²) in [6, 6.07) is 33.6. The zero-order valence-electron chi connectivity index (χ0n) is 17.7. The molecule has 0 spiro atoms. The van der Waals surface area contributed by atoms with Crippen molar-refractivity contribution >= 4 is 37.2 Å². The molecule has 0 bridgehead atoms. The summed E-state index contributed by atoms with van der Waals surface area (Å²) < 4.78 is 2.50. The van der Waals surface area contributed by atoms with Crippen LogP contribution in [0.5, 0.6) is 0 Å². The first kappa shape index (κ1) is 19.4. The number of para-hydroxylation sites is 1. The Hall–Kier alpha value is -4.26. The second kappa shape index (κ2) is 8.02. The van der Waals surface area contributed by atoms with Crippen LogP contribution >= 0.6 is 11.3 Å². The standard InChI is InChI=1S/C30H18N2S/c1-31-28-13-3-2-8-24(28)25-10-5-12-27-26-11-4-9-23(29(26)33-30(25)27)21-16-14-20(15-17-21)22-7-6-18-32-19-22/h2-19H. The monoisotopic (exact) mass is 438 g/mol. The van der Waals surface area contributed by atoms with Crippen LogP contribution in [0.15, 0.2) is 109 Å². The summed E-state index contributed by atoms with van der Waals surface area (Å²) in [5.74, 6) is 0. The van der Waals surface area contributed by atoms with Crippen molar-refractivity contribution in [3.8, 4) is 33.4 Å². The van der Waals surface area contributed by atoms with E-state index in [4.69, 9.17) is 6.57 Å². The van der Waals surface area contributed by atoms with Crippen LogP contribution in [-0.4, -0.2) is 4.98 Å². The normalized spacial score (nSPS) is 11.0. The van der Waals surface area contributed by atoms with Gasteiger partial charge in [0.15, 0.2) is 5.69 Å². The predicted molar refractivity (Wildman–Crippen MR) is 140 cm³/mol. The first-order valence-electron chi connectivity index (χ1n) is 10.8. The van der Waals surface area contributed by atoms with Gasteiger partial charge in [-0.2, -0.15) is 0 Å². The fourth-order valence-corrected chi connectivity index (χ4v) is 5.80. The van der Waals surface area contributed by atoms with Crippen LogP contribution in [0.1, 0.15) is 0 Å². The summed E-state index contributed by atoms with van der Waals surface area (Å²) in [4.78, 5) is 7.99. The average Bonchev–Trinajstić information content (AvgIpc) is 3.28. The molecule has 0 fully saturated rings. The predicted octanol–water partition coefficient (Wildman–Crippen LogP) is 9.00. The zero-order chi connectivity index (χ0) is 22.2. The SMILES string of the molecule is [C-]#[N+]c1ccccc1-c1cccc2c1sc1c(-c3ccc(-c4cccnc4)cc3)cccc12. The van der Waals surface area contributed by atoms with Gasteiger partial charge >= 0.3 is 0 Å². The zero-order valence-corrected chi connectivity index (χ0v) is 18.5. The van der Waals surface area contributed by atoms with Gasteiger partial charge in [-0.05, 0) is 39.4 Å². The van der Waals surface area contributed by atoms with Crippen molar-refractivity contribution in [1.29, 1.82) is 0 Å². The molecule has 0 aliphatic rings. The van der Waals surface area contributed by atoms with Gasteiger partial charge < -0.3 is 0 Å². The van der Waals surface area contributed by atoms with Crippen molar-refractivity contribution in [3.63, 3.8) is 0 Å². The summed E-state index contributed by atoms with van der Waals surface area (Å²) in [6.45, 7) is 7.60. The van der Waals surface area contributed by atoms with Gasteiger partial charge in [0.05, 0.1) is 6.57 Å². The van der Waals surface area contributed by atoms with Crippen molar-refractivity contribution in [2.24, 2.45) is 0 Å². The van der Waals surface area contributed by atoms with E-state index >= 15 is 0 Å². The molecular weight excluding hydrogens is 420 g/mol. The molecule has 154 valence electrons. The van der Waals surface area contributed by atoms with Crippen LogP contribution in [0.3, 0.4) is 0 Å². The molecule has 0 atom stereocenters. The highest BCUT2D eigenvalue weighted by Crippen LogP contribution is 2.45. The molecule has 6 aromatic rings. The highest BCUT2D eigenvalue weighted by atomic mass is 32.1. The second-order valence-electron chi connectivity index (χ2n) is 7.91. The van der Waals surface area contributed by atoms with Crippen LogP contribution in [0.4, 0.5) is 5.69 Å². The maximum absolute atomic E-state index is 7.60. The molecule has 6 rings (SSSR count). The van der Waals surface area contributed by atoms with Gasteiger partial charge in [-0.3, -0.25) is 4.98 Å². The summed E-state index contributed by atoms with van der Waals surface area (Å²) in [5.41, 5.74) is 7.51. The minimum atomic E-state index is 0.689. The fraction of sp³-hybridized carbons (Fsp3) is 0. The molecule has 0 radical (unpaired) electrons. The molecule has 33 heavy (non-hydrogen) atoms. The van der Waals surface area contributed by atoms with Crippen molar-refractivity contribution in [1.82, 2.24) is 4.98 Å². The molecule has 0 aliphatic heterocycles. The van der Waals surface area contributed by atoms with Gasteiger partial charge in [0, 0.05) is 32.6 Å². The van der Waals surface area contributed by atoms with Gasteiger partial charge in [0.25, 0.3) is 0 Å². The Morgan fingerprint density at radius 2 is 1.24 bits per heavy atom. The number of nitrogens with zero attached hydrogens (tertiary/aromatic N) is 2. The lowest BCUT2D eigenvalue weighted by Crippen LogP contribution is -1.81. The molecule has 0 saturated carbocycles. The van der Waals surface area contributed by atoms with Gasteiger partial charge in [-0.15, -0.1) is 11.3 Å². The minimum Gasteiger partial charge on any atom is -0.264 e. The molecule has 0 aliphatic carbocycles. The molecule has 4 aromatic carbocycles. The van der Waals surface area contributed by atoms with Gasteiger partial charge in [0.2, 0.25) is 0 Å². The number of fused-ring (bicyclic) bond motifs is 3. The number of aromatic nitrogens is 1. The Morgan fingerprint density at radius 3 is 1.97 bits per heavy atom. The smallest absolute Gasteiger partial charge is 0.194 e. The van der Waals surface area contributed by atoms with Gasteiger partial charge in [0.1, 0.15) is 0 Å². The lowest BCUT2D eigenvalue weighted by atomic mass is 9.98. The van der Waals surface area contributed by atoms with Gasteiger partial charge in [-0.1, -0.05) is 91.0 Å². The Balaban J connectivity index is 1.53. The molecule has 2 aromatic heterocycles. The largest absolute Gasteiger partial charge is 0.264 e. The first-order chi connectivity index (χ1) is 16.3. The lowest BCUT2D eigenvalue weighted by molar-refractivity contribution is 1.33. The van der Waals surface area contributed by atoms with Crippen LogP contribution in [-0.2, 0) is 0 Å². The Kier molecular flexibility index (Phi) is 4.72. The van der Waals surface area contributed by atoms with E-state index in [1.54, 1.807) is 6.20 Å². The van der Waals surface area contributed by atoms with Crippen molar-refractivity contribution < 1.29 is 0 Å². The maximum Gasteiger partial charge on any atom is 0.194 e. The third-order valence-corrected chi connectivity index (χ3v) is 7.32. The number of benzene rings is 4. The number of hydrogen-bond donors (Lipinski definition) is 0. The van der Waals surface area contributed by atoms with Crippen LogP contribution in [0.2, 0.25) is 0 Å². The molecule has 2 nitrogen and oxygen atoms in total. The van der Waals surface area contributed by atoms with E-state index in [0.29, 0.717) is 5.69 Å². The number of hydrogen-bond acceptors (Lipinski definition) is 2.